The van der Waals surface area contributed by atoms with Crippen molar-refractivity contribution in [2.24, 2.45) is 16.0 Å². The number of nitrogens with zero attached hydrogens (tertiary/aromatic N) is 3. The zero-order chi connectivity index (χ0) is 16.4. The molecule has 0 fully saturated rings. The van der Waals surface area contributed by atoms with Gasteiger partial charge in [-0.3, -0.25) is 0 Å². The van der Waals surface area contributed by atoms with Crippen molar-refractivity contribution in [3.05, 3.63) is 59.1 Å². The highest BCUT2D eigenvalue weighted by Gasteiger charge is 2.17. The Morgan fingerprint density at radius 3 is 2.61 bits per heavy atom. The van der Waals surface area contributed by atoms with E-state index in [9.17, 15) is 9.90 Å². The average molecular weight is 329 g/mol. The Balaban J connectivity index is 2.16. The van der Waals surface area contributed by atoms with Crippen LogP contribution in [0.3, 0.4) is 0 Å². The first-order chi connectivity index (χ1) is 11.1. The Bertz CT molecular complexity index is 918. The van der Waals surface area contributed by atoms with Gasteiger partial charge < -0.3 is 15.4 Å². The largest absolute Gasteiger partial charge is 0.493 e. The van der Waals surface area contributed by atoms with Crippen LogP contribution in [0.4, 0.5) is 10.5 Å². The van der Waals surface area contributed by atoms with E-state index < -0.39 is 6.03 Å². The van der Waals surface area contributed by atoms with Crippen molar-refractivity contribution in [3.63, 3.8) is 0 Å². The van der Waals surface area contributed by atoms with Crippen LogP contribution in [0.5, 0.6) is 5.88 Å². The molecule has 2 aromatic carbocycles. The number of hydrogen-bond donors (Lipinski definition) is 2. The van der Waals surface area contributed by atoms with E-state index in [4.69, 9.17) is 17.3 Å². The highest BCUT2D eigenvalue weighted by Crippen LogP contribution is 2.39. The van der Waals surface area contributed by atoms with E-state index in [0.717, 1.165) is 11.1 Å². The molecular weight excluding hydrogens is 316 g/mol. The van der Waals surface area contributed by atoms with Crippen LogP contribution >= 0.6 is 11.6 Å². The molecule has 0 aliphatic heterocycles. The highest BCUT2D eigenvalue weighted by atomic mass is 35.5. The third kappa shape index (κ3) is 2.89. The minimum absolute atomic E-state index is 0.101. The molecule has 23 heavy (non-hydrogen) atoms. The lowest BCUT2D eigenvalue weighted by Gasteiger charge is -2.08. The van der Waals surface area contributed by atoms with E-state index in [0.29, 0.717) is 17.0 Å². The van der Waals surface area contributed by atoms with E-state index in [-0.39, 0.29) is 11.6 Å². The van der Waals surface area contributed by atoms with Crippen molar-refractivity contribution in [2.45, 2.75) is 6.54 Å². The van der Waals surface area contributed by atoms with Gasteiger partial charge in [0.05, 0.1) is 12.1 Å². The Morgan fingerprint density at radius 2 is 1.87 bits per heavy atom. The monoisotopic (exact) mass is 328 g/mol. The van der Waals surface area contributed by atoms with Gasteiger partial charge in [0, 0.05) is 10.4 Å². The number of aromatic hydroxyl groups is 1. The fraction of sp³-hybridized carbons (Fsp3) is 0.0625. The molecule has 0 saturated carbocycles. The van der Waals surface area contributed by atoms with Crippen LogP contribution in [-0.4, -0.2) is 15.7 Å². The van der Waals surface area contributed by atoms with Crippen LogP contribution in [0.2, 0.25) is 5.02 Å². The summed E-state index contributed by atoms with van der Waals surface area (Å²) >= 11 is 6.19. The quantitative estimate of drug-likeness (QED) is 0.705. The summed E-state index contributed by atoms with van der Waals surface area (Å²) in [5.74, 6) is -0.101. The number of urea groups is 1. The molecule has 6 nitrogen and oxygen atoms in total. The molecular formula is C16H13ClN4O2. The first kappa shape index (κ1) is 15.1. The number of benzene rings is 2. The molecule has 0 unspecified atom stereocenters. The predicted octanol–water partition coefficient (Wildman–Crippen LogP) is 4.21. The zero-order valence-corrected chi connectivity index (χ0v) is 12.7. The molecule has 0 bridgehead atoms. The number of azo groups is 1. The van der Waals surface area contributed by atoms with Crippen LogP contribution in [0.1, 0.15) is 5.56 Å². The molecule has 3 aromatic rings. The minimum atomic E-state index is -0.924. The minimum Gasteiger partial charge on any atom is -0.493 e. The topological polar surface area (TPSA) is 93.0 Å². The number of hydrogen-bond acceptors (Lipinski definition) is 3. The maximum Gasteiger partial charge on any atom is 0.356 e. The molecule has 3 rings (SSSR count). The predicted molar refractivity (Wildman–Crippen MR) is 88.3 cm³/mol. The maximum atomic E-state index is 10.8. The summed E-state index contributed by atoms with van der Waals surface area (Å²) in [6, 6.07) is 13.7. The van der Waals surface area contributed by atoms with E-state index in [1.165, 1.54) is 0 Å². The van der Waals surface area contributed by atoms with Crippen molar-refractivity contribution < 1.29 is 9.90 Å². The Morgan fingerprint density at radius 1 is 1.17 bits per heavy atom. The fourth-order valence-electron chi connectivity index (χ4n) is 2.43. The van der Waals surface area contributed by atoms with Crippen LogP contribution < -0.4 is 5.73 Å². The summed E-state index contributed by atoms with van der Waals surface area (Å²) in [5, 5.41) is 18.8. The van der Waals surface area contributed by atoms with E-state index >= 15 is 0 Å². The van der Waals surface area contributed by atoms with Gasteiger partial charge in [0.15, 0.2) is 5.69 Å². The number of primary amides is 1. The molecule has 2 amide bonds. The summed E-state index contributed by atoms with van der Waals surface area (Å²) in [6.45, 7) is 0.359. The summed E-state index contributed by atoms with van der Waals surface area (Å²) in [6.07, 6.45) is 0. The van der Waals surface area contributed by atoms with E-state index in [1.54, 1.807) is 16.7 Å². The van der Waals surface area contributed by atoms with Gasteiger partial charge in [-0.1, -0.05) is 53.1 Å². The molecule has 0 aliphatic carbocycles. The van der Waals surface area contributed by atoms with Crippen LogP contribution in [0, 0.1) is 0 Å². The van der Waals surface area contributed by atoms with Gasteiger partial charge >= 0.3 is 6.03 Å². The Labute approximate surface area is 136 Å². The van der Waals surface area contributed by atoms with E-state index in [2.05, 4.69) is 10.2 Å². The summed E-state index contributed by atoms with van der Waals surface area (Å²) in [7, 11) is 0. The van der Waals surface area contributed by atoms with Crippen molar-refractivity contribution in [1.29, 1.82) is 0 Å². The van der Waals surface area contributed by atoms with Crippen LogP contribution in [0.25, 0.3) is 10.9 Å². The number of halogens is 1. The lowest BCUT2D eigenvalue weighted by atomic mass is 10.2. The fourth-order valence-corrected chi connectivity index (χ4v) is 2.62. The molecule has 0 atom stereocenters. The number of amides is 2. The second kappa shape index (κ2) is 6.10. The zero-order valence-electron chi connectivity index (χ0n) is 12.0. The maximum absolute atomic E-state index is 10.8. The molecule has 1 heterocycles. The Hall–Kier alpha value is -2.86. The van der Waals surface area contributed by atoms with Gasteiger partial charge in [-0.15, -0.1) is 5.11 Å². The molecule has 0 radical (unpaired) electrons. The molecule has 0 aliphatic rings. The number of para-hydroxylation sites is 1. The molecule has 0 spiro atoms. The molecule has 3 N–H and O–H groups in total. The van der Waals surface area contributed by atoms with Gasteiger partial charge in [-0.2, -0.15) is 0 Å². The highest BCUT2D eigenvalue weighted by molar-refractivity contribution is 6.31. The smallest absolute Gasteiger partial charge is 0.356 e. The Kier molecular flexibility index (Phi) is 3.99. The third-order valence-electron chi connectivity index (χ3n) is 3.45. The molecule has 7 heteroatoms. The van der Waals surface area contributed by atoms with Gasteiger partial charge in [0.1, 0.15) is 0 Å². The normalized spacial score (nSPS) is 11.3. The van der Waals surface area contributed by atoms with Crippen LogP contribution in [0.15, 0.2) is 58.8 Å². The van der Waals surface area contributed by atoms with Crippen molar-refractivity contribution in [3.8, 4) is 5.88 Å². The third-order valence-corrected chi connectivity index (χ3v) is 3.82. The number of carbonyl (C=O) groups excluding carboxylic acids is 1. The lowest BCUT2D eigenvalue weighted by molar-refractivity contribution is 0.255. The van der Waals surface area contributed by atoms with Gasteiger partial charge in [-0.25, -0.2) is 4.79 Å². The van der Waals surface area contributed by atoms with Gasteiger partial charge in [-0.05, 0) is 17.7 Å². The number of fused-ring (bicyclic) bond motifs is 1. The number of rotatable bonds is 3. The van der Waals surface area contributed by atoms with Crippen molar-refractivity contribution in [1.82, 2.24) is 4.57 Å². The second-order valence-electron chi connectivity index (χ2n) is 4.91. The standard InChI is InChI=1S/C16H13ClN4O2/c17-12-7-3-1-5-10(12)9-21-13-8-4-2-6-11(13)14(15(21)22)19-20-16(18)23/h1-8,22H,9H2,(H2,18,23). The van der Waals surface area contributed by atoms with E-state index in [1.807, 2.05) is 36.4 Å². The van der Waals surface area contributed by atoms with Crippen molar-refractivity contribution >= 4 is 34.2 Å². The molecule has 0 saturated heterocycles. The molecule has 116 valence electrons. The second-order valence-corrected chi connectivity index (χ2v) is 5.31. The first-order valence-electron chi connectivity index (χ1n) is 6.82. The first-order valence-corrected chi connectivity index (χ1v) is 7.20. The summed E-state index contributed by atoms with van der Waals surface area (Å²) in [4.78, 5) is 10.8. The van der Waals surface area contributed by atoms with Gasteiger partial charge in [0.25, 0.3) is 0 Å². The average Bonchev–Trinajstić information content (AvgIpc) is 2.80. The van der Waals surface area contributed by atoms with Crippen LogP contribution in [-0.2, 0) is 6.54 Å². The SMILES string of the molecule is NC(=O)N=Nc1c(O)n(Cc2ccccc2Cl)c2ccccc12. The number of carbonyl (C=O) groups is 1. The number of aromatic nitrogens is 1. The van der Waals surface area contributed by atoms with Crippen molar-refractivity contribution in [2.75, 3.05) is 0 Å². The molecule has 1 aromatic heterocycles. The number of nitrogens with two attached hydrogens (primary N) is 1. The summed E-state index contributed by atoms with van der Waals surface area (Å²) in [5.41, 5.74) is 6.78. The summed E-state index contributed by atoms with van der Waals surface area (Å²) < 4.78 is 1.66. The van der Waals surface area contributed by atoms with Gasteiger partial charge in [0.2, 0.25) is 5.88 Å². The lowest BCUT2D eigenvalue weighted by Crippen LogP contribution is -2.01.